The lowest BCUT2D eigenvalue weighted by molar-refractivity contribution is -0.144. The number of Topliss-reactive ketones (excluding diaryl/α,β-unsaturated/α-hetero) is 1. The van der Waals surface area contributed by atoms with Gasteiger partial charge in [0.05, 0.1) is 26.2 Å². The second-order valence-corrected chi connectivity index (χ2v) is 4.06. The molecule has 1 unspecified atom stereocenters. The molecule has 0 aromatic rings. The van der Waals surface area contributed by atoms with Crippen molar-refractivity contribution in [3.8, 4) is 0 Å². The third-order valence-corrected chi connectivity index (χ3v) is 2.50. The van der Waals surface area contributed by atoms with E-state index < -0.39 is 0 Å². The van der Waals surface area contributed by atoms with E-state index in [2.05, 4.69) is 0 Å². The van der Waals surface area contributed by atoms with Crippen LogP contribution in [0.15, 0.2) is 0 Å². The number of rotatable bonds is 9. The van der Waals surface area contributed by atoms with Crippen LogP contribution in [0.4, 0.5) is 0 Å². The summed E-state index contributed by atoms with van der Waals surface area (Å²) >= 11 is 0. The van der Waals surface area contributed by atoms with Gasteiger partial charge in [0.2, 0.25) is 0 Å². The van der Waals surface area contributed by atoms with Crippen molar-refractivity contribution >= 4 is 11.8 Å². The molecule has 0 saturated carbocycles. The van der Waals surface area contributed by atoms with Crippen LogP contribution in [0.2, 0.25) is 0 Å². The van der Waals surface area contributed by atoms with Crippen molar-refractivity contribution in [2.24, 2.45) is 0 Å². The summed E-state index contributed by atoms with van der Waals surface area (Å²) in [7, 11) is 3.50. The quantitative estimate of drug-likeness (QED) is 0.564. The summed E-state index contributed by atoms with van der Waals surface area (Å²) < 4.78 is 9.77. The number of carbonyl (C=O) groups excluding carboxylic acids is 2. The number of methoxy groups -OCH3 is 1. The monoisotopic (exact) mass is 245 g/mol. The SMILES string of the molecule is CCOC(=O)CCC(=O)CN(C)C(C)COC. The maximum Gasteiger partial charge on any atom is 0.306 e. The fraction of sp³-hybridized carbons (Fsp3) is 0.833. The van der Waals surface area contributed by atoms with Gasteiger partial charge in [0.25, 0.3) is 0 Å². The van der Waals surface area contributed by atoms with Gasteiger partial charge in [-0.1, -0.05) is 0 Å². The number of nitrogens with zero attached hydrogens (tertiary/aromatic N) is 1. The smallest absolute Gasteiger partial charge is 0.306 e. The van der Waals surface area contributed by atoms with Crippen molar-refractivity contribution in [3.05, 3.63) is 0 Å². The van der Waals surface area contributed by atoms with Crippen LogP contribution in [0.5, 0.6) is 0 Å². The molecule has 0 spiro atoms. The number of hydrogen-bond acceptors (Lipinski definition) is 5. The molecule has 0 N–H and O–H groups in total. The highest BCUT2D eigenvalue weighted by atomic mass is 16.5. The summed E-state index contributed by atoms with van der Waals surface area (Å²) in [6, 6.07) is 0.187. The van der Waals surface area contributed by atoms with E-state index in [0.29, 0.717) is 19.8 Å². The predicted octanol–water partition coefficient (Wildman–Crippen LogP) is 0.865. The maximum absolute atomic E-state index is 11.6. The third kappa shape index (κ3) is 7.88. The minimum atomic E-state index is -0.312. The number of esters is 1. The third-order valence-electron chi connectivity index (χ3n) is 2.50. The molecule has 0 saturated heterocycles. The number of ether oxygens (including phenoxy) is 2. The van der Waals surface area contributed by atoms with Crippen LogP contribution in [0.1, 0.15) is 26.7 Å². The van der Waals surface area contributed by atoms with E-state index in [1.54, 1.807) is 14.0 Å². The Morgan fingerprint density at radius 1 is 1.29 bits per heavy atom. The summed E-state index contributed by atoms with van der Waals surface area (Å²) in [4.78, 5) is 24.6. The average Bonchev–Trinajstić information content (AvgIpc) is 2.27. The summed E-state index contributed by atoms with van der Waals surface area (Å²) in [5.74, 6) is -0.267. The van der Waals surface area contributed by atoms with E-state index in [9.17, 15) is 9.59 Å². The first-order valence-electron chi connectivity index (χ1n) is 5.87. The van der Waals surface area contributed by atoms with E-state index in [0.717, 1.165) is 0 Å². The Kier molecular flexibility index (Phi) is 8.62. The van der Waals surface area contributed by atoms with Crippen LogP contribution in [0.25, 0.3) is 0 Å². The van der Waals surface area contributed by atoms with Gasteiger partial charge in [0.15, 0.2) is 0 Å². The lowest BCUT2D eigenvalue weighted by atomic mass is 10.2. The molecule has 17 heavy (non-hydrogen) atoms. The molecule has 0 heterocycles. The Bertz CT molecular complexity index is 243. The van der Waals surface area contributed by atoms with E-state index in [1.165, 1.54) is 0 Å². The minimum absolute atomic E-state index is 0.0449. The summed E-state index contributed by atoms with van der Waals surface area (Å²) in [6.07, 6.45) is 0.405. The second-order valence-electron chi connectivity index (χ2n) is 4.06. The van der Waals surface area contributed by atoms with Crippen LogP contribution in [0.3, 0.4) is 0 Å². The van der Waals surface area contributed by atoms with Gasteiger partial charge in [-0.25, -0.2) is 0 Å². The van der Waals surface area contributed by atoms with Gasteiger partial charge in [0.1, 0.15) is 5.78 Å². The Balaban J connectivity index is 3.81. The fourth-order valence-electron chi connectivity index (χ4n) is 1.36. The van der Waals surface area contributed by atoms with Crippen LogP contribution in [-0.2, 0) is 19.1 Å². The number of carbonyl (C=O) groups is 2. The van der Waals surface area contributed by atoms with E-state index in [4.69, 9.17) is 9.47 Å². The molecular formula is C12H23NO4. The van der Waals surface area contributed by atoms with Crippen molar-refractivity contribution in [1.82, 2.24) is 4.90 Å². The van der Waals surface area contributed by atoms with Gasteiger partial charge in [-0.3, -0.25) is 14.5 Å². The number of hydrogen-bond donors (Lipinski definition) is 0. The first kappa shape index (κ1) is 16.1. The van der Waals surface area contributed by atoms with E-state index in [-0.39, 0.29) is 30.6 Å². The molecule has 5 heteroatoms. The standard InChI is InChI=1S/C12H23NO4/c1-5-17-12(15)7-6-11(14)8-13(3)10(2)9-16-4/h10H,5-9H2,1-4H3. The number of ketones is 1. The van der Waals surface area contributed by atoms with E-state index in [1.807, 2.05) is 18.9 Å². The van der Waals surface area contributed by atoms with Crippen molar-refractivity contribution in [2.45, 2.75) is 32.7 Å². The molecule has 0 aromatic heterocycles. The molecule has 0 rings (SSSR count). The van der Waals surface area contributed by atoms with Crippen LogP contribution >= 0.6 is 0 Å². The Hall–Kier alpha value is -0.940. The fourth-order valence-corrected chi connectivity index (χ4v) is 1.36. The molecule has 0 aliphatic heterocycles. The van der Waals surface area contributed by atoms with Gasteiger partial charge in [-0.05, 0) is 20.9 Å². The average molecular weight is 245 g/mol. The van der Waals surface area contributed by atoms with Gasteiger partial charge < -0.3 is 9.47 Å². The Morgan fingerprint density at radius 2 is 1.94 bits per heavy atom. The molecule has 0 aliphatic rings. The van der Waals surface area contributed by atoms with Crippen LogP contribution in [-0.4, -0.2) is 56.6 Å². The highest BCUT2D eigenvalue weighted by molar-refractivity contribution is 5.84. The molecule has 1 atom stereocenters. The van der Waals surface area contributed by atoms with Crippen molar-refractivity contribution in [2.75, 3.05) is 33.9 Å². The van der Waals surface area contributed by atoms with Crippen LogP contribution < -0.4 is 0 Å². The van der Waals surface area contributed by atoms with E-state index >= 15 is 0 Å². The lowest BCUT2D eigenvalue weighted by Crippen LogP contribution is -2.36. The molecule has 0 bridgehead atoms. The number of likely N-dealkylation sites (N-methyl/N-ethyl adjacent to an activating group) is 1. The molecule has 0 aliphatic carbocycles. The zero-order valence-corrected chi connectivity index (χ0v) is 11.2. The molecule has 5 nitrogen and oxygen atoms in total. The first-order chi connectivity index (χ1) is 8.01. The van der Waals surface area contributed by atoms with Gasteiger partial charge in [-0.15, -0.1) is 0 Å². The minimum Gasteiger partial charge on any atom is -0.466 e. The maximum atomic E-state index is 11.6. The molecule has 0 radical (unpaired) electrons. The largest absolute Gasteiger partial charge is 0.466 e. The summed E-state index contributed by atoms with van der Waals surface area (Å²) in [6.45, 7) is 5.02. The molecular weight excluding hydrogens is 222 g/mol. The first-order valence-corrected chi connectivity index (χ1v) is 5.87. The highest BCUT2D eigenvalue weighted by Crippen LogP contribution is 2.00. The molecule has 0 amide bonds. The molecule has 0 fully saturated rings. The predicted molar refractivity (Wildman–Crippen MR) is 64.8 cm³/mol. The topological polar surface area (TPSA) is 55.8 Å². The van der Waals surface area contributed by atoms with Crippen molar-refractivity contribution in [1.29, 1.82) is 0 Å². The summed E-state index contributed by atoms with van der Waals surface area (Å²) in [5, 5.41) is 0. The molecule has 0 aromatic carbocycles. The van der Waals surface area contributed by atoms with Crippen LogP contribution in [0, 0.1) is 0 Å². The Labute approximate surface area is 103 Å². The van der Waals surface area contributed by atoms with Gasteiger partial charge >= 0.3 is 5.97 Å². The zero-order valence-electron chi connectivity index (χ0n) is 11.2. The second kappa shape index (κ2) is 9.13. The normalized spacial score (nSPS) is 12.5. The lowest BCUT2D eigenvalue weighted by Gasteiger charge is -2.22. The summed E-state index contributed by atoms with van der Waals surface area (Å²) in [5.41, 5.74) is 0. The Morgan fingerprint density at radius 3 is 2.47 bits per heavy atom. The zero-order chi connectivity index (χ0) is 13.3. The van der Waals surface area contributed by atoms with Crippen molar-refractivity contribution in [3.63, 3.8) is 0 Å². The van der Waals surface area contributed by atoms with Gasteiger partial charge in [0, 0.05) is 19.6 Å². The molecule has 100 valence electrons. The highest BCUT2D eigenvalue weighted by Gasteiger charge is 2.14. The van der Waals surface area contributed by atoms with Gasteiger partial charge in [-0.2, -0.15) is 0 Å². The van der Waals surface area contributed by atoms with Crippen molar-refractivity contribution < 1.29 is 19.1 Å².